The van der Waals surface area contributed by atoms with Crippen LogP contribution in [0, 0.1) is 0 Å². The van der Waals surface area contributed by atoms with Crippen LogP contribution < -0.4 is 5.32 Å². The number of nitrogens with one attached hydrogen (secondary N) is 1. The largest absolute Gasteiger partial charge is 0.384 e. The van der Waals surface area contributed by atoms with Crippen LogP contribution in [0.1, 0.15) is 31.7 Å². The standard InChI is InChI=1S/C15H23NO2/c1-15(17,12-6-4-3-5-7-12)11-16-13-8-9-14(10-13)18-2/h3-7,13-14,16-17H,8-11H2,1-2H3. The van der Waals surface area contributed by atoms with Crippen LogP contribution in [0.2, 0.25) is 0 Å². The van der Waals surface area contributed by atoms with Crippen LogP contribution in [0.3, 0.4) is 0 Å². The highest BCUT2D eigenvalue weighted by molar-refractivity contribution is 5.21. The van der Waals surface area contributed by atoms with Gasteiger partial charge < -0.3 is 15.2 Å². The molecule has 100 valence electrons. The van der Waals surface area contributed by atoms with Gasteiger partial charge in [0.2, 0.25) is 0 Å². The van der Waals surface area contributed by atoms with Crippen LogP contribution in [0.25, 0.3) is 0 Å². The summed E-state index contributed by atoms with van der Waals surface area (Å²) in [5.41, 5.74) is 0.144. The molecule has 0 aliphatic heterocycles. The van der Waals surface area contributed by atoms with Gasteiger partial charge in [-0.15, -0.1) is 0 Å². The molecule has 1 aliphatic rings. The molecule has 0 amide bonds. The summed E-state index contributed by atoms with van der Waals surface area (Å²) in [4.78, 5) is 0. The van der Waals surface area contributed by atoms with E-state index in [1.807, 2.05) is 37.3 Å². The van der Waals surface area contributed by atoms with Gasteiger partial charge in [-0.05, 0) is 31.7 Å². The molecule has 0 radical (unpaired) electrons. The molecule has 1 aromatic carbocycles. The third-order valence-electron chi connectivity index (χ3n) is 3.85. The van der Waals surface area contributed by atoms with Gasteiger partial charge in [-0.25, -0.2) is 0 Å². The van der Waals surface area contributed by atoms with Crippen molar-refractivity contribution in [2.45, 2.75) is 43.9 Å². The maximum absolute atomic E-state index is 10.5. The highest BCUT2D eigenvalue weighted by Crippen LogP contribution is 2.24. The van der Waals surface area contributed by atoms with Crippen LogP contribution in [-0.2, 0) is 10.3 Å². The van der Waals surface area contributed by atoms with E-state index in [0.29, 0.717) is 18.7 Å². The lowest BCUT2D eigenvalue weighted by Crippen LogP contribution is -2.40. The smallest absolute Gasteiger partial charge is 0.0992 e. The maximum Gasteiger partial charge on any atom is 0.0992 e. The topological polar surface area (TPSA) is 41.5 Å². The molecule has 0 spiro atoms. The van der Waals surface area contributed by atoms with Gasteiger partial charge in [-0.2, -0.15) is 0 Å². The van der Waals surface area contributed by atoms with Crippen molar-refractivity contribution in [2.24, 2.45) is 0 Å². The van der Waals surface area contributed by atoms with Crippen molar-refractivity contribution in [3.8, 4) is 0 Å². The van der Waals surface area contributed by atoms with Gasteiger partial charge in [0.05, 0.1) is 11.7 Å². The fourth-order valence-electron chi connectivity index (χ4n) is 2.58. The third-order valence-corrected chi connectivity index (χ3v) is 3.85. The van der Waals surface area contributed by atoms with E-state index in [1.165, 1.54) is 0 Å². The normalized spacial score (nSPS) is 27.1. The summed E-state index contributed by atoms with van der Waals surface area (Å²) in [5.74, 6) is 0. The molecule has 18 heavy (non-hydrogen) atoms. The second-order valence-electron chi connectivity index (χ2n) is 5.39. The molecule has 3 nitrogen and oxygen atoms in total. The summed E-state index contributed by atoms with van der Waals surface area (Å²) in [6.07, 6.45) is 3.66. The van der Waals surface area contributed by atoms with Crippen molar-refractivity contribution in [3.63, 3.8) is 0 Å². The molecule has 2 N–H and O–H groups in total. The summed E-state index contributed by atoms with van der Waals surface area (Å²) in [7, 11) is 1.77. The van der Waals surface area contributed by atoms with E-state index in [2.05, 4.69) is 5.32 Å². The first-order valence-corrected chi connectivity index (χ1v) is 6.66. The minimum atomic E-state index is -0.813. The van der Waals surface area contributed by atoms with Crippen molar-refractivity contribution in [1.82, 2.24) is 5.32 Å². The molecule has 1 aliphatic carbocycles. The number of benzene rings is 1. The quantitative estimate of drug-likeness (QED) is 0.839. The van der Waals surface area contributed by atoms with Gasteiger partial charge in [0.1, 0.15) is 0 Å². The van der Waals surface area contributed by atoms with E-state index in [4.69, 9.17) is 4.74 Å². The summed E-state index contributed by atoms with van der Waals surface area (Å²) in [6, 6.07) is 10.3. The van der Waals surface area contributed by atoms with Crippen LogP contribution in [-0.4, -0.2) is 30.9 Å². The molecular weight excluding hydrogens is 226 g/mol. The minimum Gasteiger partial charge on any atom is -0.384 e. The van der Waals surface area contributed by atoms with Gasteiger partial charge in [-0.1, -0.05) is 30.3 Å². The Labute approximate surface area is 109 Å². The molecule has 1 aromatic rings. The van der Waals surface area contributed by atoms with Crippen LogP contribution >= 0.6 is 0 Å². The predicted octanol–water partition coefficient (Wildman–Crippen LogP) is 2.05. The SMILES string of the molecule is COC1CCC(NCC(C)(O)c2ccccc2)C1. The summed E-state index contributed by atoms with van der Waals surface area (Å²) in [5, 5.41) is 13.9. The monoisotopic (exact) mass is 249 g/mol. The lowest BCUT2D eigenvalue weighted by molar-refractivity contribution is 0.0525. The Morgan fingerprint density at radius 2 is 2.06 bits per heavy atom. The molecule has 0 aromatic heterocycles. The van der Waals surface area contributed by atoms with Gasteiger partial charge in [0, 0.05) is 19.7 Å². The maximum atomic E-state index is 10.5. The highest BCUT2D eigenvalue weighted by atomic mass is 16.5. The Bertz CT molecular complexity index is 364. The number of ether oxygens (including phenoxy) is 1. The summed E-state index contributed by atoms with van der Waals surface area (Å²) in [6.45, 7) is 2.44. The molecule has 0 saturated heterocycles. The first kappa shape index (κ1) is 13.5. The van der Waals surface area contributed by atoms with Crippen molar-refractivity contribution in [1.29, 1.82) is 0 Å². The van der Waals surface area contributed by atoms with Crippen LogP contribution in [0.4, 0.5) is 0 Å². The molecule has 0 bridgehead atoms. The van der Waals surface area contributed by atoms with Crippen molar-refractivity contribution >= 4 is 0 Å². The molecule has 3 atom stereocenters. The first-order chi connectivity index (χ1) is 8.62. The molecule has 1 saturated carbocycles. The fourth-order valence-corrected chi connectivity index (χ4v) is 2.58. The zero-order chi connectivity index (χ0) is 13.0. The number of hydrogen-bond donors (Lipinski definition) is 2. The molecule has 2 rings (SSSR count). The lowest BCUT2D eigenvalue weighted by Gasteiger charge is -2.26. The van der Waals surface area contributed by atoms with Gasteiger partial charge >= 0.3 is 0 Å². The van der Waals surface area contributed by atoms with Crippen molar-refractivity contribution in [3.05, 3.63) is 35.9 Å². The van der Waals surface area contributed by atoms with Gasteiger partial charge in [-0.3, -0.25) is 0 Å². The van der Waals surface area contributed by atoms with E-state index < -0.39 is 5.60 Å². The van der Waals surface area contributed by atoms with Crippen molar-refractivity contribution in [2.75, 3.05) is 13.7 Å². The van der Waals surface area contributed by atoms with Gasteiger partial charge in [0.25, 0.3) is 0 Å². The Balaban J connectivity index is 1.86. The van der Waals surface area contributed by atoms with Crippen molar-refractivity contribution < 1.29 is 9.84 Å². The fraction of sp³-hybridized carbons (Fsp3) is 0.600. The van der Waals surface area contributed by atoms with Gasteiger partial charge in [0.15, 0.2) is 0 Å². The molecule has 0 heterocycles. The van der Waals surface area contributed by atoms with E-state index in [9.17, 15) is 5.11 Å². The molecule has 3 unspecified atom stereocenters. The molecule has 1 fully saturated rings. The Morgan fingerprint density at radius 1 is 1.33 bits per heavy atom. The average Bonchev–Trinajstić information content (AvgIpc) is 2.86. The van der Waals surface area contributed by atoms with E-state index in [0.717, 1.165) is 24.8 Å². The number of rotatable bonds is 5. The average molecular weight is 249 g/mol. The second kappa shape index (κ2) is 5.83. The molecular formula is C15H23NO2. The lowest BCUT2D eigenvalue weighted by atomic mass is 9.96. The Kier molecular flexibility index (Phi) is 4.38. The minimum absolute atomic E-state index is 0.379. The Morgan fingerprint density at radius 3 is 2.67 bits per heavy atom. The first-order valence-electron chi connectivity index (χ1n) is 6.66. The Hall–Kier alpha value is -0.900. The highest BCUT2D eigenvalue weighted by Gasteiger charge is 2.28. The van der Waals surface area contributed by atoms with E-state index in [1.54, 1.807) is 7.11 Å². The summed E-state index contributed by atoms with van der Waals surface area (Å²) >= 11 is 0. The number of hydrogen-bond acceptors (Lipinski definition) is 3. The summed E-state index contributed by atoms with van der Waals surface area (Å²) < 4.78 is 5.36. The van der Waals surface area contributed by atoms with E-state index >= 15 is 0 Å². The zero-order valence-electron chi connectivity index (χ0n) is 11.2. The molecule has 3 heteroatoms. The predicted molar refractivity (Wildman–Crippen MR) is 72.5 cm³/mol. The number of methoxy groups -OCH3 is 1. The van der Waals surface area contributed by atoms with E-state index in [-0.39, 0.29) is 0 Å². The second-order valence-corrected chi connectivity index (χ2v) is 5.39. The zero-order valence-corrected chi connectivity index (χ0v) is 11.2. The van der Waals surface area contributed by atoms with Crippen LogP contribution in [0.15, 0.2) is 30.3 Å². The number of aliphatic hydroxyl groups is 1. The third kappa shape index (κ3) is 3.31. The van der Waals surface area contributed by atoms with Crippen LogP contribution in [0.5, 0.6) is 0 Å².